The molecule has 0 unspecified atom stereocenters. The summed E-state index contributed by atoms with van der Waals surface area (Å²) in [5.41, 5.74) is 2.25. The van der Waals surface area contributed by atoms with Gasteiger partial charge in [-0.25, -0.2) is 9.78 Å². The summed E-state index contributed by atoms with van der Waals surface area (Å²) in [4.78, 5) is 15.9. The van der Waals surface area contributed by atoms with E-state index in [1.54, 1.807) is 6.26 Å². The number of thiazole rings is 1. The molecule has 4 nitrogen and oxygen atoms in total. The molecule has 2 aromatic heterocycles. The van der Waals surface area contributed by atoms with E-state index in [4.69, 9.17) is 9.52 Å². The Balaban J connectivity index is 2.19. The van der Waals surface area contributed by atoms with Crippen molar-refractivity contribution in [3.63, 3.8) is 0 Å². The molecule has 0 bridgehead atoms. The van der Waals surface area contributed by atoms with Gasteiger partial charge in [-0.1, -0.05) is 25.1 Å². The lowest BCUT2D eigenvalue weighted by atomic mass is 10.2. The maximum atomic E-state index is 11.2. The second-order valence-electron chi connectivity index (χ2n) is 4.10. The Kier molecular flexibility index (Phi) is 2.83. The fourth-order valence-electron chi connectivity index (χ4n) is 2.02. The third kappa shape index (κ3) is 1.92. The van der Waals surface area contributed by atoms with Gasteiger partial charge >= 0.3 is 5.97 Å². The number of aromatic carboxylic acids is 1. The van der Waals surface area contributed by atoms with Crippen LogP contribution in [0.2, 0.25) is 0 Å². The Morgan fingerprint density at radius 2 is 2.21 bits per heavy atom. The summed E-state index contributed by atoms with van der Waals surface area (Å²) in [6.07, 6.45) is 2.24. The monoisotopic (exact) mass is 273 g/mol. The Labute approximate surface area is 113 Å². The first kappa shape index (κ1) is 11.9. The summed E-state index contributed by atoms with van der Waals surface area (Å²) < 4.78 is 5.47. The van der Waals surface area contributed by atoms with Gasteiger partial charge in [-0.05, 0) is 12.5 Å². The molecule has 5 heteroatoms. The number of carboxylic acids is 1. The molecule has 0 spiro atoms. The minimum Gasteiger partial charge on any atom is -0.477 e. The van der Waals surface area contributed by atoms with Crippen LogP contribution in [0.5, 0.6) is 0 Å². The second-order valence-corrected chi connectivity index (χ2v) is 5.10. The van der Waals surface area contributed by atoms with Crippen LogP contribution in [0.15, 0.2) is 34.9 Å². The van der Waals surface area contributed by atoms with Gasteiger partial charge in [-0.15, -0.1) is 11.3 Å². The van der Waals surface area contributed by atoms with Crippen LogP contribution >= 0.6 is 11.3 Å². The first-order chi connectivity index (χ1) is 9.20. The maximum absolute atomic E-state index is 11.2. The predicted molar refractivity (Wildman–Crippen MR) is 73.7 cm³/mol. The Morgan fingerprint density at radius 1 is 1.42 bits per heavy atom. The normalized spacial score (nSPS) is 11.0. The van der Waals surface area contributed by atoms with Crippen molar-refractivity contribution in [3.8, 4) is 10.6 Å². The molecule has 3 rings (SSSR count). The number of rotatable bonds is 3. The molecule has 19 heavy (non-hydrogen) atoms. The van der Waals surface area contributed by atoms with Gasteiger partial charge in [0.1, 0.15) is 21.7 Å². The molecular formula is C14H11NO3S. The smallest absolute Gasteiger partial charge is 0.347 e. The number of hydrogen-bond donors (Lipinski definition) is 1. The van der Waals surface area contributed by atoms with Crippen molar-refractivity contribution in [3.05, 3.63) is 41.1 Å². The van der Waals surface area contributed by atoms with E-state index in [2.05, 4.69) is 4.98 Å². The molecule has 1 N–H and O–H groups in total. The third-order valence-corrected chi connectivity index (χ3v) is 4.06. The molecular weight excluding hydrogens is 262 g/mol. The van der Waals surface area contributed by atoms with E-state index in [1.165, 1.54) is 11.3 Å². The van der Waals surface area contributed by atoms with E-state index in [1.807, 2.05) is 31.2 Å². The number of carboxylic acid groups (broad SMARTS) is 1. The van der Waals surface area contributed by atoms with Gasteiger partial charge in [0.25, 0.3) is 0 Å². The largest absolute Gasteiger partial charge is 0.477 e. The van der Waals surface area contributed by atoms with Crippen molar-refractivity contribution >= 4 is 28.3 Å². The van der Waals surface area contributed by atoms with Crippen molar-refractivity contribution in [2.75, 3.05) is 0 Å². The molecule has 0 amide bonds. The molecule has 3 aromatic rings. The van der Waals surface area contributed by atoms with Gasteiger partial charge in [-0.3, -0.25) is 0 Å². The minimum absolute atomic E-state index is 0.308. The van der Waals surface area contributed by atoms with Crippen LogP contribution in [-0.2, 0) is 6.42 Å². The van der Waals surface area contributed by atoms with Gasteiger partial charge in [0.05, 0.1) is 11.3 Å². The van der Waals surface area contributed by atoms with E-state index in [-0.39, 0.29) is 0 Å². The van der Waals surface area contributed by atoms with Crippen molar-refractivity contribution in [2.45, 2.75) is 13.3 Å². The zero-order valence-corrected chi connectivity index (χ0v) is 11.0. The van der Waals surface area contributed by atoms with E-state index in [0.717, 1.165) is 16.5 Å². The Hall–Kier alpha value is -2.14. The Morgan fingerprint density at radius 3 is 2.89 bits per heavy atom. The molecule has 0 fully saturated rings. The first-order valence-electron chi connectivity index (χ1n) is 5.90. The number of aryl methyl sites for hydroxylation is 1. The predicted octanol–water partition coefficient (Wildman–Crippen LogP) is 3.82. The number of para-hydroxylation sites is 1. The van der Waals surface area contributed by atoms with Gasteiger partial charge in [0, 0.05) is 5.39 Å². The van der Waals surface area contributed by atoms with Gasteiger partial charge in [-0.2, -0.15) is 0 Å². The summed E-state index contributed by atoms with van der Waals surface area (Å²) in [5.74, 6) is -0.923. The number of hydrogen-bond acceptors (Lipinski definition) is 4. The third-order valence-electron chi connectivity index (χ3n) is 2.94. The van der Waals surface area contributed by atoms with Crippen LogP contribution in [0.3, 0.4) is 0 Å². The highest BCUT2D eigenvalue weighted by molar-refractivity contribution is 7.17. The number of furan rings is 1. The number of benzene rings is 1. The zero-order chi connectivity index (χ0) is 13.4. The molecule has 2 heterocycles. The van der Waals surface area contributed by atoms with Crippen molar-refractivity contribution in [1.29, 1.82) is 0 Å². The maximum Gasteiger partial charge on any atom is 0.347 e. The minimum atomic E-state index is -0.923. The molecule has 0 atom stereocenters. The lowest BCUT2D eigenvalue weighted by Gasteiger charge is -1.91. The van der Waals surface area contributed by atoms with Crippen LogP contribution in [-0.4, -0.2) is 16.1 Å². The summed E-state index contributed by atoms with van der Waals surface area (Å²) in [6, 6.07) is 7.65. The summed E-state index contributed by atoms with van der Waals surface area (Å²) in [5, 5.41) is 10.8. The molecule has 0 saturated heterocycles. The second kappa shape index (κ2) is 4.51. The van der Waals surface area contributed by atoms with E-state index in [9.17, 15) is 4.79 Å². The lowest BCUT2D eigenvalue weighted by molar-refractivity contribution is 0.0701. The van der Waals surface area contributed by atoms with Crippen molar-refractivity contribution < 1.29 is 14.3 Å². The van der Waals surface area contributed by atoms with E-state index in [0.29, 0.717) is 22.0 Å². The summed E-state index contributed by atoms with van der Waals surface area (Å²) >= 11 is 1.19. The molecule has 0 saturated carbocycles. The summed E-state index contributed by atoms with van der Waals surface area (Å²) in [7, 11) is 0. The molecule has 1 aromatic carbocycles. The van der Waals surface area contributed by atoms with Crippen LogP contribution in [0, 0.1) is 0 Å². The summed E-state index contributed by atoms with van der Waals surface area (Å²) in [6.45, 7) is 1.90. The number of fused-ring (bicyclic) bond motifs is 1. The van der Waals surface area contributed by atoms with Crippen LogP contribution < -0.4 is 0 Å². The molecule has 0 radical (unpaired) electrons. The number of nitrogens with zero attached hydrogens (tertiary/aromatic N) is 1. The first-order valence-corrected chi connectivity index (χ1v) is 6.72. The fourth-order valence-corrected chi connectivity index (χ4v) is 3.03. The van der Waals surface area contributed by atoms with Gasteiger partial charge in [0.2, 0.25) is 0 Å². The SMILES string of the molecule is CCc1nc(-c2coc3ccccc23)sc1C(=O)O. The number of aromatic nitrogens is 1. The number of carbonyl (C=O) groups is 1. The average Bonchev–Trinajstić information content (AvgIpc) is 3.01. The van der Waals surface area contributed by atoms with Gasteiger partial charge < -0.3 is 9.52 Å². The van der Waals surface area contributed by atoms with Crippen LogP contribution in [0.4, 0.5) is 0 Å². The Bertz CT molecular complexity index is 757. The van der Waals surface area contributed by atoms with Crippen LogP contribution in [0.25, 0.3) is 21.5 Å². The highest BCUT2D eigenvalue weighted by Crippen LogP contribution is 2.34. The molecule has 0 aliphatic rings. The van der Waals surface area contributed by atoms with Crippen molar-refractivity contribution in [1.82, 2.24) is 4.98 Å². The highest BCUT2D eigenvalue weighted by atomic mass is 32.1. The van der Waals surface area contributed by atoms with Crippen molar-refractivity contribution in [2.24, 2.45) is 0 Å². The van der Waals surface area contributed by atoms with E-state index < -0.39 is 5.97 Å². The fraction of sp³-hybridized carbons (Fsp3) is 0.143. The highest BCUT2D eigenvalue weighted by Gasteiger charge is 2.19. The lowest BCUT2D eigenvalue weighted by Crippen LogP contribution is -1.97. The zero-order valence-electron chi connectivity index (χ0n) is 10.2. The van der Waals surface area contributed by atoms with Gasteiger partial charge in [0.15, 0.2) is 0 Å². The standard InChI is InChI=1S/C14H11NO3S/c1-2-10-12(14(16)17)19-13(15-10)9-7-18-11-6-4-3-5-8(9)11/h3-7H,2H2,1H3,(H,16,17). The molecule has 0 aliphatic carbocycles. The quantitative estimate of drug-likeness (QED) is 0.788. The van der Waals surface area contributed by atoms with E-state index >= 15 is 0 Å². The average molecular weight is 273 g/mol. The van der Waals surface area contributed by atoms with Crippen LogP contribution in [0.1, 0.15) is 22.3 Å². The topological polar surface area (TPSA) is 63.3 Å². The molecule has 0 aliphatic heterocycles. The molecule has 96 valence electrons.